The highest BCUT2D eigenvalue weighted by molar-refractivity contribution is 7.22. The number of anilines is 2. The second-order valence-corrected chi connectivity index (χ2v) is 7.69. The predicted molar refractivity (Wildman–Crippen MR) is 104 cm³/mol. The third-order valence-corrected chi connectivity index (χ3v) is 5.56. The number of rotatable bonds is 3. The van der Waals surface area contributed by atoms with E-state index in [0.29, 0.717) is 28.2 Å². The van der Waals surface area contributed by atoms with Gasteiger partial charge in [0, 0.05) is 11.3 Å². The zero-order chi connectivity index (χ0) is 19.9. The highest BCUT2D eigenvalue weighted by Gasteiger charge is 2.32. The van der Waals surface area contributed by atoms with Gasteiger partial charge in [0.1, 0.15) is 0 Å². The first-order chi connectivity index (χ1) is 13.3. The first kappa shape index (κ1) is 18.7. The third kappa shape index (κ3) is 3.67. The Hall–Kier alpha value is -2.65. The van der Waals surface area contributed by atoms with Crippen LogP contribution in [0.4, 0.5) is 24.0 Å². The fraction of sp³-hybridized carbons (Fsp3) is 0.263. The first-order valence-electron chi connectivity index (χ1n) is 8.73. The number of aromatic nitrogens is 1. The number of hydrogen-bond donors (Lipinski definition) is 3. The van der Waals surface area contributed by atoms with Gasteiger partial charge in [-0.05, 0) is 49.2 Å². The van der Waals surface area contributed by atoms with Crippen LogP contribution in [0.5, 0.6) is 0 Å². The summed E-state index contributed by atoms with van der Waals surface area (Å²) in [7, 11) is 0. The number of carbonyl (C=O) groups is 1. The maximum atomic E-state index is 13.2. The van der Waals surface area contributed by atoms with E-state index in [1.807, 2.05) is 6.07 Å². The molecule has 5 nitrogen and oxygen atoms in total. The van der Waals surface area contributed by atoms with Crippen molar-refractivity contribution in [3.8, 4) is 11.1 Å². The Labute approximate surface area is 162 Å². The van der Waals surface area contributed by atoms with Crippen LogP contribution in [0.3, 0.4) is 0 Å². The topological polar surface area (TPSA) is 80.0 Å². The Morgan fingerprint density at radius 1 is 1.25 bits per heavy atom. The highest BCUT2D eigenvalue weighted by atomic mass is 32.1. The van der Waals surface area contributed by atoms with Crippen molar-refractivity contribution >= 4 is 38.3 Å². The van der Waals surface area contributed by atoms with E-state index in [4.69, 9.17) is 5.73 Å². The van der Waals surface area contributed by atoms with Crippen molar-refractivity contribution in [1.29, 1.82) is 0 Å². The third-order valence-electron chi connectivity index (χ3n) is 4.70. The molecule has 1 aliphatic heterocycles. The number of carbonyl (C=O) groups excluding carboxylic acids is 1. The van der Waals surface area contributed by atoms with Crippen LogP contribution in [0.2, 0.25) is 0 Å². The molecule has 3 aromatic rings. The van der Waals surface area contributed by atoms with Gasteiger partial charge in [-0.2, -0.15) is 13.2 Å². The summed E-state index contributed by atoms with van der Waals surface area (Å²) >= 11 is 1.33. The van der Waals surface area contributed by atoms with Crippen molar-refractivity contribution in [2.45, 2.75) is 25.1 Å². The molecule has 1 aromatic heterocycles. The zero-order valence-corrected chi connectivity index (χ0v) is 15.5. The molecule has 0 aliphatic carbocycles. The van der Waals surface area contributed by atoms with Gasteiger partial charge in [-0.25, -0.2) is 4.98 Å². The van der Waals surface area contributed by atoms with Gasteiger partial charge >= 0.3 is 6.18 Å². The molecule has 1 atom stereocenters. The van der Waals surface area contributed by atoms with E-state index in [1.54, 1.807) is 12.1 Å². The molecule has 0 radical (unpaired) electrons. The second kappa shape index (κ2) is 7.06. The zero-order valence-electron chi connectivity index (χ0n) is 14.6. The number of fused-ring (bicyclic) bond motifs is 1. The average Bonchev–Trinajstić information content (AvgIpc) is 3.29. The lowest BCUT2D eigenvalue weighted by molar-refractivity contribution is -0.137. The maximum Gasteiger partial charge on any atom is 0.416 e. The number of amides is 1. The molecule has 1 saturated heterocycles. The first-order valence-corrected chi connectivity index (χ1v) is 9.55. The predicted octanol–water partition coefficient (Wildman–Crippen LogP) is 4.25. The molecule has 0 unspecified atom stereocenters. The Morgan fingerprint density at radius 2 is 2.07 bits per heavy atom. The smallest absolute Gasteiger partial charge is 0.375 e. The molecule has 0 saturated carbocycles. The minimum absolute atomic E-state index is 0.121. The van der Waals surface area contributed by atoms with Gasteiger partial charge in [-0.1, -0.05) is 23.5 Å². The number of thiazole rings is 1. The molecule has 2 aromatic carbocycles. The fourth-order valence-corrected chi connectivity index (χ4v) is 4.03. The lowest BCUT2D eigenvalue weighted by atomic mass is 10.0. The Kier molecular flexibility index (Phi) is 4.72. The van der Waals surface area contributed by atoms with Gasteiger partial charge in [-0.3, -0.25) is 4.79 Å². The number of benzene rings is 2. The summed E-state index contributed by atoms with van der Waals surface area (Å²) in [5.74, 6) is -0.336. The number of alkyl halides is 3. The number of nitrogens with one attached hydrogen (secondary N) is 2. The molecule has 4 N–H and O–H groups in total. The normalized spacial score (nSPS) is 17.2. The SMILES string of the molecule is Nc1nc2cc(-c3ccc(C(F)(F)F)cc3NC(=O)[C@@H]3CCCN3)ccc2s1. The molecule has 1 fully saturated rings. The van der Waals surface area contributed by atoms with Crippen LogP contribution in [0.25, 0.3) is 21.3 Å². The Balaban J connectivity index is 1.76. The van der Waals surface area contributed by atoms with Gasteiger partial charge in [-0.15, -0.1) is 0 Å². The quantitative estimate of drug-likeness (QED) is 0.607. The summed E-state index contributed by atoms with van der Waals surface area (Å²) < 4.78 is 40.5. The number of hydrogen-bond acceptors (Lipinski definition) is 5. The average molecular weight is 406 g/mol. The maximum absolute atomic E-state index is 13.2. The van der Waals surface area contributed by atoms with Gasteiger partial charge in [0.2, 0.25) is 5.91 Å². The van der Waals surface area contributed by atoms with E-state index in [-0.39, 0.29) is 11.6 Å². The fourth-order valence-electron chi connectivity index (χ4n) is 3.32. The molecule has 1 amide bonds. The van der Waals surface area contributed by atoms with Gasteiger partial charge in [0.15, 0.2) is 5.13 Å². The monoisotopic (exact) mass is 406 g/mol. The summed E-state index contributed by atoms with van der Waals surface area (Å²) in [5, 5.41) is 6.14. The van der Waals surface area contributed by atoms with Crippen molar-refractivity contribution in [3.05, 3.63) is 42.0 Å². The summed E-state index contributed by atoms with van der Waals surface area (Å²) in [6.45, 7) is 0.718. The minimum Gasteiger partial charge on any atom is -0.375 e. The van der Waals surface area contributed by atoms with E-state index in [1.165, 1.54) is 17.4 Å². The van der Waals surface area contributed by atoms with Gasteiger partial charge in [0.05, 0.1) is 21.8 Å². The van der Waals surface area contributed by atoms with Crippen molar-refractivity contribution in [2.24, 2.45) is 0 Å². The molecule has 146 valence electrons. The molecule has 4 rings (SSSR count). The number of nitrogen functional groups attached to an aromatic ring is 1. The lowest BCUT2D eigenvalue weighted by Gasteiger charge is -2.17. The largest absolute Gasteiger partial charge is 0.416 e. The van der Waals surface area contributed by atoms with Crippen LogP contribution in [0, 0.1) is 0 Å². The summed E-state index contributed by atoms with van der Waals surface area (Å²) in [6.07, 6.45) is -2.99. The van der Waals surface area contributed by atoms with Crippen LogP contribution >= 0.6 is 11.3 Å². The molecule has 9 heteroatoms. The molecular weight excluding hydrogens is 389 g/mol. The van der Waals surface area contributed by atoms with Gasteiger partial charge in [0.25, 0.3) is 0 Å². The van der Waals surface area contributed by atoms with E-state index in [0.717, 1.165) is 29.8 Å². The summed E-state index contributed by atoms with van der Waals surface area (Å²) in [5.41, 5.74) is 6.85. The molecular formula is C19H17F3N4OS. The lowest BCUT2D eigenvalue weighted by Crippen LogP contribution is -2.35. The minimum atomic E-state index is -4.50. The van der Waals surface area contributed by atoms with Crippen molar-refractivity contribution in [3.63, 3.8) is 0 Å². The second-order valence-electron chi connectivity index (χ2n) is 6.63. The van der Waals surface area contributed by atoms with E-state index in [2.05, 4.69) is 15.6 Å². The number of nitrogens with two attached hydrogens (primary N) is 1. The molecule has 28 heavy (non-hydrogen) atoms. The van der Waals surface area contributed by atoms with Crippen LogP contribution in [0.15, 0.2) is 36.4 Å². The number of nitrogens with zero attached hydrogens (tertiary/aromatic N) is 1. The van der Waals surface area contributed by atoms with Gasteiger partial charge < -0.3 is 16.4 Å². The Bertz CT molecular complexity index is 1040. The number of halogens is 3. The summed E-state index contributed by atoms with van der Waals surface area (Å²) in [6, 6.07) is 8.32. The van der Waals surface area contributed by atoms with Crippen LogP contribution in [-0.2, 0) is 11.0 Å². The van der Waals surface area contributed by atoms with Crippen LogP contribution in [-0.4, -0.2) is 23.5 Å². The van der Waals surface area contributed by atoms with Crippen LogP contribution < -0.4 is 16.4 Å². The summed E-state index contributed by atoms with van der Waals surface area (Å²) in [4.78, 5) is 16.7. The van der Waals surface area contributed by atoms with Crippen molar-refractivity contribution < 1.29 is 18.0 Å². The molecule has 0 spiro atoms. The van der Waals surface area contributed by atoms with E-state index >= 15 is 0 Å². The van der Waals surface area contributed by atoms with Crippen molar-refractivity contribution in [1.82, 2.24) is 10.3 Å². The van der Waals surface area contributed by atoms with Crippen molar-refractivity contribution in [2.75, 3.05) is 17.6 Å². The van der Waals surface area contributed by atoms with Crippen LogP contribution in [0.1, 0.15) is 18.4 Å². The Morgan fingerprint density at radius 3 is 2.79 bits per heavy atom. The standard InChI is InChI=1S/C19H17F3N4OS/c20-19(21,22)11-4-5-12(10-3-6-16-15(8-10)26-18(23)28-16)14(9-11)25-17(27)13-2-1-7-24-13/h3-6,8-9,13,24H,1-2,7H2,(H2,23,26)(H,25,27)/t13-/m0/s1. The van der Waals surface area contributed by atoms with E-state index < -0.39 is 17.8 Å². The molecule has 1 aliphatic rings. The molecule has 0 bridgehead atoms. The highest BCUT2D eigenvalue weighted by Crippen LogP contribution is 2.37. The van der Waals surface area contributed by atoms with E-state index in [9.17, 15) is 18.0 Å². The molecule has 2 heterocycles.